The van der Waals surface area contributed by atoms with E-state index in [1.165, 1.54) is 12.1 Å². The molecule has 0 aliphatic heterocycles. The molecule has 0 atom stereocenters. The van der Waals surface area contributed by atoms with Crippen molar-refractivity contribution < 1.29 is 4.39 Å². The normalized spacial score (nSPS) is 10.7. The number of nitrogens with one attached hydrogen (secondary N) is 1. The van der Waals surface area contributed by atoms with Gasteiger partial charge in [0.05, 0.1) is 17.3 Å². The first-order valence-electron chi connectivity index (χ1n) is 11.5. The number of aromatic amines is 1. The van der Waals surface area contributed by atoms with Crippen LogP contribution in [0, 0.1) is 17.1 Å². The summed E-state index contributed by atoms with van der Waals surface area (Å²) in [4.78, 5) is 20.8. The molecule has 3 aromatic carbocycles. The van der Waals surface area contributed by atoms with E-state index in [0.717, 1.165) is 47.2 Å². The molecule has 1 heterocycles. The van der Waals surface area contributed by atoms with Gasteiger partial charge in [-0.25, -0.2) is 9.37 Å². The molecule has 34 heavy (non-hydrogen) atoms. The molecule has 0 spiro atoms. The number of rotatable bonds is 8. The maximum atomic E-state index is 13.2. The Morgan fingerprint density at radius 1 is 0.941 bits per heavy atom. The fourth-order valence-corrected chi connectivity index (χ4v) is 4.05. The second-order valence-corrected chi connectivity index (χ2v) is 8.38. The molecular weight excluding hydrogens is 425 g/mol. The smallest absolute Gasteiger partial charge is 0.254 e. The van der Waals surface area contributed by atoms with Gasteiger partial charge in [0, 0.05) is 18.4 Å². The summed E-state index contributed by atoms with van der Waals surface area (Å²) in [5.41, 5.74) is 5.77. The molecule has 4 aromatic rings. The molecule has 0 radical (unpaired) electrons. The van der Waals surface area contributed by atoms with Gasteiger partial charge in [-0.15, -0.1) is 0 Å². The van der Waals surface area contributed by atoms with Crippen molar-refractivity contribution in [1.29, 1.82) is 5.26 Å². The summed E-state index contributed by atoms with van der Waals surface area (Å²) < 4.78 is 13.2. The van der Waals surface area contributed by atoms with Crippen LogP contribution in [0.2, 0.25) is 0 Å². The van der Waals surface area contributed by atoms with Crippen molar-refractivity contribution in [2.75, 3.05) is 0 Å². The molecule has 0 aliphatic carbocycles. The summed E-state index contributed by atoms with van der Waals surface area (Å²) in [6.07, 6.45) is 3.62. The number of hydrogen-bond acceptors (Lipinski definition) is 3. The van der Waals surface area contributed by atoms with Crippen molar-refractivity contribution in [3.63, 3.8) is 0 Å². The molecule has 170 valence electrons. The second kappa shape index (κ2) is 10.7. The van der Waals surface area contributed by atoms with Gasteiger partial charge in [-0.05, 0) is 53.3 Å². The number of nitrogens with zero attached hydrogens (tertiary/aromatic N) is 2. The van der Waals surface area contributed by atoms with Gasteiger partial charge < -0.3 is 4.98 Å². The van der Waals surface area contributed by atoms with E-state index in [1.807, 2.05) is 48.5 Å². The molecule has 1 N–H and O–H groups in total. The van der Waals surface area contributed by atoms with Crippen LogP contribution in [0.15, 0.2) is 77.6 Å². The van der Waals surface area contributed by atoms with E-state index < -0.39 is 0 Å². The lowest BCUT2D eigenvalue weighted by atomic mass is 9.97. The first kappa shape index (κ1) is 23.1. The van der Waals surface area contributed by atoms with Crippen LogP contribution in [-0.4, -0.2) is 9.97 Å². The molecule has 5 heteroatoms. The van der Waals surface area contributed by atoms with Crippen molar-refractivity contribution in [1.82, 2.24) is 9.97 Å². The zero-order valence-electron chi connectivity index (χ0n) is 19.1. The van der Waals surface area contributed by atoms with Gasteiger partial charge in [0.15, 0.2) is 0 Å². The van der Waals surface area contributed by atoms with Gasteiger partial charge in [0.25, 0.3) is 5.56 Å². The van der Waals surface area contributed by atoms with E-state index in [4.69, 9.17) is 4.98 Å². The molecule has 0 saturated heterocycles. The van der Waals surface area contributed by atoms with E-state index in [0.29, 0.717) is 29.8 Å². The number of aryl methyl sites for hydroxylation is 1. The largest absolute Gasteiger partial charge is 0.310 e. The van der Waals surface area contributed by atoms with Gasteiger partial charge in [0.1, 0.15) is 11.6 Å². The van der Waals surface area contributed by atoms with Crippen LogP contribution >= 0.6 is 0 Å². The second-order valence-electron chi connectivity index (χ2n) is 8.38. The summed E-state index contributed by atoms with van der Waals surface area (Å²) in [6.45, 7) is 2.12. The lowest BCUT2D eigenvalue weighted by molar-refractivity contribution is 0.627. The van der Waals surface area contributed by atoms with Crippen molar-refractivity contribution in [2.24, 2.45) is 0 Å². The van der Waals surface area contributed by atoms with Crippen LogP contribution in [0.3, 0.4) is 0 Å². The van der Waals surface area contributed by atoms with Gasteiger partial charge in [-0.3, -0.25) is 4.79 Å². The lowest BCUT2D eigenvalue weighted by Crippen LogP contribution is -2.21. The van der Waals surface area contributed by atoms with Crippen LogP contribution in [0.1, 0.15) is 53.5 Å². The minimum Gasteiger partial charge on any atom is -0.310 e. The number of benzene rings is 3. The minimum absolute atomic E-state index is 0.128. The van der Waals surface area contributed by atoms with Gasteiger partial charge in [-0.2, -0.15) is 5.26 Å². The zero-order valence-corrected chi connectivity index (χ0v) is 19.1. The number of H-pyrrole nitrogens is 1. The summed E-state index contributed by atoms with van der Waals surface area (Å²) in [5.74, 6) is 0.307. The molecular formula is C29H26FN3O. The molecule has 0 saturated carbocycles. The SMILES string of the molecule is CCCCc1nc(Cc2ccc(F)cc2)[nH]c(=O)c1Cc1ccc(-c2ccccc2C#N)cc1. The monoisotopic (exact) mass is 451 g/mol. The molecule has 1 aromatic heterocycles. The van der Waals surface area contributed by atoms with Crippen LogP contribution < -0.4 is 5.56 Å². The highest BCUT2D eigenvalue weighted by molar-refractivity contribution is 5.70. The van der Waals surface area contributed by atoms with E-state index in [2.05, 4.69) is 18.0 Å². The molecule has 0 unspecified atom stereocenters. The third-order valence-electron chi connectivity index (χ3n) is 5.90. The minimum atomic E-state index is -0.286. The Hall–Kier alpha value is -4.04. The zero-order chi connectivity index (χ0) is 23.9. The Balaban J connectivity index is 1.61. The molecule has 0 bridgehead atoms. The highest BCUT2D eigenvalue weighted by Crippen LogP contribution is 2.24. The fraction of sp³-hybridized carbons (Fsp3) is 0.207. The highest BCUT2D eigenvalue weighted by Gasteiger charge is 2.13. The quantitative estimate of drug-likeness (QED) is 0.359. The summed E-state index contributed by atoms with van der Waals surface area (Å²) in [7, 11) is 0. The molecule has 4 nitrogen and oxygen atoms in total. The maximum Gasteiger partial charge on any atom is 0.254 e. The number of nitriles is 1. The fourth-order valence-electron chi connectivity index (χ4n) is 4.05. The first-order chi connectivity index (χ1) is 16.6. The predicted octanol–water partition coefficient (Wildman–Crippen LogP) is 5.97. The van der Waals surface area contributed by atoms with E-state index in [1.54, 1.807) is 12.1 Å². The van der Waals surface area contributed by atoms with E-state index in [-0.39, 0.29) is 11.4 Å². The van der Waals surface area contributed by atoms with E-state index in [9.17, 15) is 14.4 Å². The van der Waals surface area contributed by atoms with Gasteiger partial charge in [0.2, 0.25) is 0 Å². The number of hydrogen-bond donors (Lipinski definition) is 1. The Morgan fingerprint density at radius 2 is 1.62 bits per heavy atom. The Labute approximate surface area is 198 Å². The summed E-state index contributed by atoms with van der Waals surface area (Å²) >= 11 is 0. The predicted molar refractivity (Wildman–Crippen MR) is 132 cm³/mol. The van der Waals surface area contributed by atoms with Crippen LogP contribution in [0.4, 0.5) is 4.39 Å². The van der Waals surface area contributed by atoms with Crippen LogP contribution in [0.25, 0.3) is 11.1 Å². The van der Waals surface area contributed by atoms with Crippen molar-refractivity contribution in [3.8, 4) is 17.2 Å². The number of halogens is 1. The van der Waals surface area contributed by atoms with Crippen molar-refractivity contribution in [2.45, 2.75) is 39.0 Å². The topological polar surface area (TPSA) is 69.5 Å². The average molecular weight is 452 g/mol. The number of unbranched alkanes of at least 4 members (excludes halogenated alkanes) is 1. The standard InChI is InChI=1S/C29H26FN3O/c1-2-3-8-27-26(29(34)33-28(32-27)18-21-11-15-24(30)16-12-21)17-20-9-13-22(14-10-20)25-7-5-4-6-23(25)19-31/h4-7,9-16H,2-3,8,17-18H2,1H3,(H,32,33,34). The lowest BCUT2D eigenvalue weighted by Gasteiger charge is -2.11. The van der Waals surface area contributed by atoms with E-state index >= 15 is 0 Å². The third-order valence-corrected chi connectivity index (χ3v) is 5.90. The van der Waals surface area contributed by atoms with Crippen LogP contribution in [-0.2, 0) is 19.3 Å². The third kappa shape index (κ3) is 5.47. The Bertz CT molecular complexity index is 1370. The molecule has 0 aliphatic rings. The molecule has 0 fully saturated rings. The van der Waals surface area contributed by atoms with Crippen LogP contribution in [0.5, 0.6) is 0 Å². The Kier molecular flexibility index (Phi) is 7.29. The van der Waals surface area contributed by atoms with Crippen molar-refractivity contribution in [3.05, 3.63) is 123 Å². The first-order valence-corrected chi connectivity index (χ1v) is 11.5. The van der Waals surface area contributed by atoms with Gasteiger partial charge in [-0.1, -0.05) is 67.9 Å². The Morgan fingerprint density at radius 3 is 2.32 bits per heavy atom. The highest BCUT2D eigenvalue weighted by atomic mass is 19.1. The van der Waals surface area contributed by atoms with Crippen molar-refractivity contribution >= 4 is 0 Å². The summed E-state index contributed by atoms with van der Waals surface area (Å²) in [6, 6.07) is 24.0. The average Bonchev–Trinajstić information content (AvgIpc) is 2.86. The van der Waals surface area contributed by atoms with Gasteiger partial charge >= 0.3 is 0 Å². The maximum absolute atomic E-state index is 13.2. The molecule has 4 rings (SSSR count). The molecule has 0 amide bonds. The number of aromatic nitrogens is 2. The summed E-state index contributed by atoms with van der Waals surface area (Å²) in [5, 5.41) is 9.38.